The van der Waals surface area contributed by atoms with Gasteiger partial charge in [0.1, 0.15) is 5.75 Å². The fraction of sp³-hybridized carbons (Fsp3) is 0.550. The number of amides is 3. The van der Waals surface area contributed by atoms with E-state index in [2.05, 4.69) is 5.32 Å². The number of rotatable bonds is 4. The Bertz CT molecular complexity index is 705. The zero-order valence-corrected chi connectivity index (χ0v) is 16.1. The van der Waals surface area contributed by atoms with Crippen molar-refractivity contribution in [2.45, 2.75) is 31.7 Å². The quantitative estimate of drug-likeness (QED) is 0.818. The number of urea groups is 1. The number of carboxylic acid groups (broad SMARTS) is 1. The van der Waals surface area contributed by atoms with Crippen LogP contribution in [0.5, 0.6) is 5.75 Å². The Kier molecular flexibility index (Phi) is 6.38. The normalized spacial score (nSPS) is 22.5. The number of nitrogens with zero attached hydrogens (tertiary/aromatic N) is 2. The lowest BCUT2D eigenvalue weighted by Gasteiger charge is -2.36. The predicted molar refractivity (Wildman–Crippen MR) is 102 cm³/mol. The molecule has 1 aliphatic carbocycles. The maximum absolute atomic E-state index is 12.6. The highest BCUT2D eigenvalue weighted by Crippen LogP contribution is 2.24. The van der Waals surface area contributed by atoms with Crippen molar-refractivity contribution in [3.05, 3.63) is 29.8 Å². The van der Waals surface area contributed by atoms with Gasteiger partial charge in [0.15, 0.2) is 0 Å². The Morgan fingerprint density at radius 3 is 2.07 bits per heavy atom. The van der Waals surface area contributed by atoms with Gasteiger partial charge in [-0.3, -0.25) is 9.59 Å². The second-order valence-electron chi connectivity index (χ2n) is 7.34. The fourth-order valence-electron chi connectivity index (χ4n) is 3.78. The van der Waals surface area contributed by atoms with Crippen molar-refractivity contribution in [2.24, 2.45) is 5.92 Å². The molecule has 2 aliphatic rings. The highest BCUT2D eigenvalue weighted by molar-refractivity contribution is 5.94. The molecule has 8 heteroatoms. The molecule has 3 rings (SSSR count). The minimum atomic E-state index is -0.748. The van der Waals surface area contributed by atoms with Gasteiger partial charge in [-0.05, 0) is 49.9 Å². The lowest BCUT2D eigenvalue weighted by molar-refractivity contribution is -0.142. The molecule has 1 aliphatic heterocycles. The van der Waals surface area contributed by atoms with Gasteiger partial charge < -0.3 is 25.0 Å². The van der Waals surface area contributed by atoms with E-state index >= 15 is 0 Å². The molecule has 0 bridgehead atoms. The second kappa shape index (κ2) is 8.95. The van der Waals surface area contributed by atoms with Crippen molar-refractivity contribution in [2.75, 3.05) is 33.3 Å². The highest BCUT2D eigenvalue weighted by atomic mass is 16.5. The summed E-state index contributed by atoms with van der Waals surface area (Å²) in [6, 6.07) is 6.91. The van der Waals surface area contributed by atoms with Gasteiger partial charge >= 0.3 is 12.0 Å². The lowest BCUT2D eigenvalue weighted by Crippen LogP contribution is -2.54. The van der Waals surface area contributed by atoms with E-state index in [0.717, 1.165) is 0 Å². The summed E-state index contributed by atoms with van der Waals surface area (Å²) < 4.78 is 5.11. The number of hydrogen-bond acceptors (Lipinski definition) is 4. The third kappa shape index (κ3) is 4.74. The van der Waals surface area contributed by atoms with E-state index in [1.54, 1.807) is 41.2 Å². The van der Waals surface area contributed by atoms with Crippen LogP contribution in [0, 0.1) is 5.92 Å². The van der Waals surface area contributed by atoms with Crippen molar-refractivity contribution in [3.8, 4) is 5.75 Å². The fourth-order valence-corrected chi connectivity index (χ4v) is 3.78. The smallest absolute Gasteiger partial charge is 0.317 e. The van der Waals surface area contributed by atoms with E-state index < -0.39 is 5.97 Å². The van der Waals surface area contributed by atoms with Crippen molar-refractivity contribution in [1.82, 2.24) is 15.1 Å². The van der Waals surface area contributed by atoms with Crippen LogP contribution in [-0.4, -0.2) is 72.1 Å². The number of hydrogen-bond donors (Lipinski definition) is 2. The van der Waals surface area contributed by atoms with E-state index in [0.29, 0.717) is 63.2 Å². The summed E-state index contributed by atoms with van der Waals surface area (Å²) in [6.07, 6.45) is 2.59. The number of benzene rings is 1. The van der Waals surface area contributed by atoms with E-state index in [1.807, 2.05) is 0 Å². The molecule has 1 aromatic rings. The zero-order valence-electron chi connectivity index (χ0n) is 16.1. The number of ether oxygens (including phenoxy) is 1. The Balaban J connectivity index is 1.45. The average molecular weight is 389 g/mol. The minimum absolute atomic E-state index is 0.0297. The number of piperazine rings is 1. The molecule has 1 aromatic carbocycles. The Hall–Kier alpha value is -2.77. The van der Waals surface area contributed by atoms with Gasteiger partial charge in [0.25, 0.3) is 5.91 Å². The van der Waals surface area contributed by atoms with Gasteiger partial charge in [-0.25, -0.2) is 4.79 Å². The number of carbonyl (C=O) groups is 3. The topological polar surface area (TPSA) is 99.2 Å². The second-order valence-corrected chi connectivity index (χ2v) is 7.34. The van der Waals surface area contributed by atoms with Crippen molar-refractivity contribution < 1.29 is 24.2 Å². The minimum Gasteiger partial charge on any atom is -0.497 e. The van der Waals surface area contributed by atoms with Gasteiger partial charge in [-0.15, -0.1) is 0 Å². The van der Waals surface area contributed by atoms with Gasteiger partial charge in [0.2, 0.25) is 0 Å². The molecule has 1 saturated carbocycles. The van der Waals surface area contributed by atoms with E-state index in [1.165, 1.54) is 0 Å². The summed E-state index contributed by atoms with van der Waals surface area (Å²) in [7, 11) is 1.58. The molecule has 8 nitrogen and oxygen atoms in total. The van der Waals surface area contributed by atoms with Crippen molar-refractivity contribution >= 4 is 17.9 Å². The summed E-state index contributed by atoms with van der Waals surface area (Å²) in [6.45, 7) is 1.95. The number of aliphatic carboxylic acids is 1. The van der Waals surface area contributed by atoms with E-state index in [9.17, 15) is 14.4 Å². The Morgan fingerprint density at radius 1 is 0.964 bits per heavy atom. The largest absolute Gasteiger partial charge is 0.497 e. The highest BCUT2D eigenvalue weighted by Gasteiger charge is 2.29. The third-order valence-corrected chi connectivity index (χ3v) is 5.60. The number of methoxy groups -OCH3 is 1. The van der Waals surface area contributed by atoms with Crippen LogP contribution in [0.2, 0.25) is 0 Å². The Morgan fingerprint density at radius 2 is 1.54 bits per heavy atom. The van der Waals surface area contributed by atoms with Crippen LogP contribution in [0.3, 0.4) is 0 Å². The van der Waals surface area contributed by atoms with Crippen LogP contribution in [0.1, 0.15) is 36.0 Å². The molecule has 0 unspecified atom stereocenters. The summed E-state index contributed by atoms with van der Waals surface area (Å²) in [4.78, 5) is 39.6. The van der Waals surface area contributed by atoms with Crippen LogP contribution in [0.15, 0.2) is 24.3 Å². The molecule has 3 amide bonds. The molecule has 0 atom stereocenters. The molecule has 1 saturated heterocycles. The maximum Gasteiger partial charge on any atom is 0.317 e. The van der Waals surface area contributed by atoms with E-state index in [-0.39, 0.29) is 23.9 Å². The standard InChI is InChI=1S/C20H27N3O5/c1-28-17-8-4-14(5-9-17)18(24)22-10-12-23(13-11-22)20(27)21-16-6-2-15(3-7-16)19(25)26/h4-5,8-9,15-16H,2-3,6-7,10-13H2,1H3,(H,21,27)(H,25,26). The molecule has 28 heavy (non-hydrogen) atoms. The van der Waals surface area contributed by atoms with Crippen LogP contribution in [0.4, 0.5) is 4.79 Å². The van der Waals surface area contributed by atoms with Crippen molar-refractivity contribution in [1.29, 1.82) is 0 Å². The molecule has 2 N–H and O–H groups in total. The first-order chi connectivity index (χ1) is 13.5. The molecular formula is C20H27N3O5. The van der Waals surface area contributed by atoms with Gasteiger partial charge in [-0.1, -0.05) is 0 Å². The monoisotopic (exact) mass is 389 g/mol. The summed E-state index contributed by atoms with van der Waals surface area (Å²) in [5, 5.41) is 12.1. The lowest BCUT2D eigenvalue weighted by atomic mass is 9.86. The van der Waals surface area contributed by atoms with Crippen LogP contribution < -0.4 is 10.1 Å². The molecule has 2 fully saturated rings. The molecule has 0 spiro atoms. The number of nitrogens with one attached hydrogen (secondary N) is 1. The predicted octanol–water partition coefficient (Wildman–Crippen LogP) is 1.81. The van der Waals surface area contributed by atoms with Gasteiger partial charge in [0, 0.05) is 37.8 Å². The summed E-state index contributed by atoms with van der Waals surface area (Å²) in [5.74, 6) is -0.381. The summed E-state index contributed by atoms with van der Waals surface area (Å²) in [5.41, 5.74) is 0.605. The number of carboxylic acids is 1. The van der Waals surface area contributed by atoms with Crippen LogP contribution in [-0.2, 0) is 4.79 Å². The molecule has 0 aromatic heterocycles. The molecule has 152 valence electrons. The van der Waals surface area contributed by atoms with Crippen molar-refractivity contribution in [3.63, 3.8) is 0 Å². The molecular weight excluding hydrogens is 362 g/mol. The SMILES string of the molecule is COc1ccc(C(=O)N2CCN(C(=O)NC3CCC(C(=O)O)CC3)CC2)cc1. The number of carbonyl (C=O) groups excluding carboxylic acids is 2. The molecule has 0 radical (unpaired) electrons. The third-order valence-electron chi connectivity index (χ3n) is 5.60. The average Bonchev–Trinajstić information content (AvgIpc) is 2.73. The maximum atomic E-state index is 12.6. The first-order valence-electron chi connectivity index (χ1n) is 9.69. The van der Waals surface area contributed by atoms with Gasteiger partial charge in [-0.2, -0.15) is 0 Å². The van der Waals surface area contributed by atoms with E-state index in [4.69, 9.17) is 9.84 Å². The first-order valence-corrected chi connectivity index (χ1v) is 9.69. The van der Waals surface area contributed by atoms with Gasteiger partial charge in [0.05, 0.1) is 13.0 Å². The Labute approximate surface area is 164 Å². The van der Waals surface area contributed by atoms with Crippen LogP contribution in [0.25, 0.3) is 0 Å². The zero-order chi connectivity index (χ0) is 20.1. The molecule has 1 heterocycles. The van der Waals surface area contributed by atoms with Crippen LogP contribution >= 0.6 is 0 Å². The first kappa shape index (κ1) is 20.0. The summed E-state index contributed by atoms with van der Waals surface area (Å²) >= 11 is 0.